The molecule has 5 nitrogen and oxygen atoms in total. The van der Waals surface area contributed by atoms with Gasteiger partial charge in [-0.3, -0.25) is 14.5 Å². The van der Waals surface area contributed by atoms with Crippen LogP contribution in [0.15, 0.2) is 0 Å². The molecule has 1 aliphatic rings. The van der Waals surface area contributed by atoms with Crippen molar-refractivity contribution in [3.8, 4) is 0 Å². The van der Waals surface area contributed by atoms with Gasteiger partial charge in [-0.1, -0.05) is 13.3 Å². The predicted molar refractivity (Wildman–Crippen MR) is 64.7 cm³/mol. The number of hydrogen-bond donors (Lipinski definition) is 2. The SMILES string of the molecule is CCCCN1CC(C)(C)NC(=O)C1CC(=O)O. The Bertz CT molecular complexity index is 302. The van der Waals surface area contributed by atoms with E-state index < -0.39 is 12.0 Å². The Balaban J connectivity index is 2.75. The number of aliphatic carboxylic acids is 1. The zero-order valence-electron chi connectivity index (χ0n) is 10.8. The quantitative estimate of drug-likeness (QED) is 0.749. The van der Waals surface area contributed by atoms with E-state index in [1.165, 1.54) is 0 Å². The van der Waals surface area contributed by atoms with Gasteiger partial charge in [0.25, 0.3) is 0 Å². The number of unbranched alkanes of at least 4 members (excludes halogenated alkanes) is 1. The summed E-state index contributed by atoms with van der Waals surface area (Å²) in [6.45, 7) is 7.49. The maximum atomic E-state index is 11.9. The highest BCUT2D eigenvalue weighted by Crippen LogP contribution is 2.18. The van der Waals surface area contributed by atoms with Crippen LogP contribution in [0.5, 0.6) is 0 Å². The van der Waals surface area contributed by atoms with Gasteiger partial charge in [-0.15, -0.1) is 0 Å². The van der Waals surface area contributed by atoms with E-state index in [0.717, 1.165) is 19.4 Å². The molecule has 0 radical (unpaired) electrons. The van der Waals surface area contributed by atoms with Gasteiger partial charge in [-0.2, -0.15) is 0 Å². The molecule has 0 bridgehead atoms. The second-order valence-corrected chi connectivity index (χ2v) is 5.31. The minimum atomic E-state index is -0.925. The predicted octanol–water partition coefficient (Wildman–Crippen LogP) is 0.840. The van der Waals surface area contributed by atoms with Crippen molar-refractivity contribution in [2.24, 2.45) is 0 Å². The Hall–Kier alpha value is -1.10. The number of piperazine rings is 1. The van der Waals surface area contributed by atoms with Crippen LogP contribution in [0.4, 0.5) is 0 Å². The van der Waals surface area contributed by atoms with E-state index in [0.29, 0.717) is 6.54 Å². The van der Waals surface area contributed by atoms with Gasteiger partial charge in [0.2, 0.25) is 5.91 Å². The summed E-state index contributed by atoms with van der Waals surface area (Å²) in [5.74, 6) is -1.09. The summed E-state index contributed by atoms with van der Waals surface area (Å²) in [4.78, 5) is 24.7. The third-order valence-electron chi connectivity index (χ3n) is 2.97. The Labute approximate surface area is 102 Å². The number of carboxylic acid groups (broad SMARTS) is 1. The number of carbonyl (C=O) groups excluding carboxylic acids is 1. The van der Waals surface area contributed by atoms with Gasteiger partial charge in [-0.25, -0.2) is 0 Å². The molecular weight excluding hydrogens is 220 g/mol. The summed E-state index contributed by atoms with van der Waals surface area (Å²) in [7, 11) is 0. The Morgan fingerprint density at radius 3 is 2.76 bits per heavy atom. The third-order valence-corrected chi connectivity index (χ3v) is 2.97. The fourth-order valence-electron chi connectivity index (χ4n) is 2.22. The summed E-state index contributed by atoms with van der Waals surface area (Å²) >= 11 is 0. The summed E-state index contributed by atoms with van der Waals surface area (Å²) in [5.41, 5.74) is -0.278. The second-order valence-electron chi connectivity index (χ2n) is 5.31. The number of hydrogen-bond acceptors (Lipinski definition) is 3. The van der Waals surface area contributed by atoms with Gasteiger partial charge in [0.15, 0.2) is 0 Å². The van der Waals surface area contributed by atoms with E-state index in [1.54, 1.807) is 0 Å². The molecule has 0 saturated carbocycles. The first-order valence-electron chi connectivity index (χ1n) is 6.13. The van der Waals surface area contributed by atoms with Crippen molar-refractivity contribution in [1.82, 2.24) is 10.2 Å². The molecule has 1 unspecified atom stereocenters. The fraction of sp³-hybridized carbons (Fsp3) is 0.833. The lowest BCUT2D eigenvalue weighted by Gasteiger charge is -2.43. The highest BCUT2D eigenvalue weighted by molar-refractivity contribution is 5.87. The van der Waals surface area contributed by atoms with E-state index in [-0.39, 0.29) is 17.9 Å². The van der Waals surface area contributed by atoms with Crippen molar-refractivity contribution < 1.29 is 14.7 Å². The van der Waals surface area contributed by atoms with Crippen LogP contribution in [0.3, 0.4) is 0 Å². The lowest BCUT2D eigenvalue weighted by molar-refractivity contribution is -0.144. The van der Waals surface area contributed by atoms with Gasteiger partial charge in [-0.05, 0) is 26.8 Å². The lowest BCUT2D eigenvalue weighted by atomic mass is 9.96. The van der Waals surface area contributed by atoms with Gasteiger partial charge >= 0.3 is 5.97 Å². The zero-order chi connectivity index (χ0) is 13.1. The van der Waals surface area contributed by atoms with Gasteiger partial charge < -0.3 is 10.4 Å². The second kappa shape index (κ2) is 5.49. The maximum Gasteiger partial charge on any atom is 0.305 e. The number of carboxylic acids is 1. The standard InChI is InChI=1S/C12H22N2O3/c1-4-5-6-14-8-12(2,3)13-11(17)9(14)7-10(15)16/h9H,4-8H2,1-3H3,(H,13,17)(H,15,16). The Kier molecular flexibility index (Phi) is 4.51. The minimum absolute atomic E-state index is 0.119. The zero-order valence-corrected chi connectivity index (χ0v) is 10.8. The van der Waals surface area contributed by atoms with Crippen molar-refractivity contribution in [1.29, 1.82) is 0 Å². The Morgan fingerprint density at radius 2 is 2.24 bits per heavy atom. The minimum Gasteiger partial charge on any atom is -0.481 e. The average Bonchev–Trinajstić information content (AvgIpc) is 2.18. The first-order valence-corrected chi connectivity index (χ1v) is 6.13. The van der Waals surface area contributed by atoms with Crippen molar-refractivity contribution in [2.75, 3.05) is 13.1 Å². The van der Waals surface area contributed by atoms with Crippen LogP contribution in [-0.2, 0) is 9.59 Å². The van der Waals surface area contributed by atoms with Crippen LogP contribution < -0.4 is 5.32 Å². The molecular formula is C12H22N2O3. The average molecular weight is 242 g/mol. The molecule has 1 fully saturated rings. The number of nitrogens with one attached hydrogen (secondary N) is 1. The fourth-order valence-corrected chi connectivity index (χ4v) is 2.22. The maximum absolute atomic E-state index is 11.9. The van der Waals surface area contributed by atoms with E-state index in [9.17, 15) is 9.59 Å². The van der Waals surface area contributed by atoms with Crippen molar-refractivity contribution in [3.63, 3.8) is 0 Å². The monoisotopic (exact) mass is 242 g/mol. The van der Waals surface area contributed by atoms with Crippen molar-refractivity contribution >= 4 is 11.9 Å². The number of amides is 1. The molecule has 1 rings (SSSR count). The normalized spacial score (nSPS) is 24.4. The molecule has 1 heterocycles. The molecule has 1 amide bonds. The molecule has 1 atom stereocenters. The molecule has 0 aromatic rings. The molecule has 2 N–H and O–H groups in total. The van der Waals surface area contributed by atoms with Crippen LogP contribution in [0.1, 0.15) is 40.0 Å². The molecule has 0 aliphatic carbocycles. The molecule has 5 heteroatoms. The van der Waals surface area contributed by atoms with E-state index in [4.69, 9.17) is 5.11 Å². The lowest BCUT2D eigenvalue weighted by Crippen LogP contribution is -2.65. The topological polar surface area (TPSA) is 69.6 Å². The Morgan fingerprint density at radius 1 is 1.59 bits per heavy atom. The highest BCUT2D eigenvalue weighted by atomic mass is 16.4. The first kappa shape index (κ1) is 14.0. The van der Waals surface area contributed by atoms with Crippen molar-refractivity contribution in [3.05, 3.63) is 0 Å². The van der Waals surface area contributed by atoms with Gasteiger partial charge in [0.1, 0.15) is 0 Å². The number of nitrogens with zero attached hydrogens (tertiary/aromatic N) is 1. The number of carbonyl (C=O) groups is 2. The van der Waals surface area contributed by atoms with Crippen LogP contribution in [0.2, 0.25) is 0 Å². The molecule has 17 heavy (non-hydrogen) atoms. The van der Waals surface area contributed by atoms with E-state index in [1.807, 2.05) is 18.7 Å². The van der Waals surface area contributed by atoms with E-state index >= 15 is 0 Å². The van der Waals surface area contributed by atoms with Crippen LogP contribution in [0, 0.1) is 0 Å². The number of rotatable bonds is 5. The smallest absolute Gasteiger partial charge is 0.305 e. The largest absolute Gasteiger partial charge is 0.481 e. The van der Waals surface area contributed by atoms with Gasteiger partial charge in [0.05, 0.1) is 12.5 Å². The molecule has 0 aromatic carbocycles. The first-order chi connectivity index (χ1) is 7.85. The third kappa shape index (κ3) is 4.00. The molecule has 0 aromatic heterocycles. The molecule has 98 valence electrons. The molecule has 1 saturated heterocycles. The van der Waals surface area contributed by atoms with E-state index in [2.05, 4.69) is 12.2 Å². The van der Waals surface area contributed by atoms with Crippen molar-refractivity contribution in [2.45, 2.75) is 51.6 Å². The van der Waals surface area contributed by atoms with Crippen LogP contribution >= 0.6 is 0 Å². The molecule has 1 aliphatic heterocycles. The van der Waals surface area contributed by atoms with Gasteiger partial charge in [0, 0.05) is 12.1 Å². The summed E-state index contributed by atoms with van der Waals surface area (Å²) in [6.07, 6.45) is 1.91. The molecule has 0 spiro atoms. The summed E-state index contributed by atoms with van der Waals surface area (Å²) in [5, 5.41) is 11.7. The van der Waals surface area contributed by atoms with Crippen LogP contribution in [0.25, 0.3) is 0 Å². The van der Waals surface area contributed by atoms with Crippen LogP contribution in [-0.4, -0.2) is 46.6 Å². The summed E-state index contributed by atoms with van der Waals surface area (Å²) < 4.78 is 0. The summed E-state index contributed by atoms with van der Waals surface area (Å²) in [6, 6.07) is -0.521. The highest BCUT2D eigenvalue weighted by Gasteiger charge is 2.38.